The highest BCUT2D eigenvalue weighted by Crippen LogP contribution is 2.52. The largest absolute Gasteiger partial charge is 0.389 e. The molecule has 2 aliphatic carbocycles. The predicted octanol–water partition coefficient (Wildman–Crippen LogP) is 2.08. The number of carbonyl (C=O) groups excluding carboxylic acids is 4. The molecule has 0 bridgehead atoms. The Hall–Kier alpha value is -3.59. The first-order valence-corrected chi connectivity index (χ1v) is 13.8. The number of alkyl halides is 1. The van der Waals surface area contributed by atoms with Gasteiger partial charge in [-0.15, -0.1) is 0 Å². The van der Waals surface area contributed by atoms with Gasteiger partial charge < -0.3 is 20.6 Å². The molecule has 3 amide bonds. The lowest BCUT2D eigenvalue weighted by Crippen LogP contribution is -2.56. The Balaban J connectivity index is 1.32. The first-order chi connectivity index (χ1) is 18.8. The highest BCUT2D eigenvalue weighted by Gasteiger charge is 2.58. The Bertz CT molecular complexity index is 1300. The van der Waals surface area contributed by atoms with Gasteiger partial charge >= 0.3 is 0 Å². The second kappa shape index (κ2) is 9.86. The quantitative estimate of drug-likeness (QED) is 0.504. The topological polar surface area (TPSA) is 116 Å². The van der Waals surface area contributed by atoms with Crippen molar-refractivity contribution < 1.29 is 28.7 Å². The van der Waals surface area contributed by atoms with E-state index < -0.39 is 47.9 Å². The molecule has 0 spiro atoms. The van der Waals surface area contributed by atoms with Gasteiger partial charge in [0.2, 0.25) is 17.5 Å². The highest BCUT2D eigenvalue weighted by molar-refractivity contribution is 6.01. The van der Waals surface area contributed by atoms with Crippen LogP contribution in [0, 0.1) is 17.8 Å². The van der Waals surface area contributed by atoms with E-state index in [2.05, 4.69) is 10.6 Å². The third-order valence-electron chi connectivity index (χ3n) is 9.15. The summed E-state index contributed by atoms with van der Waals surface area (Å²) in [7, 11) is 0. The van der Waals surface area contributed by atoms with Crippen LogP contribution < -0.4 is 10.6 Å². The van der Waals surface area contributed by atoms with Gasteiger partial charge in [-0.25, -0.2) is 4.39 Å². The number of Topliss-reactive ketones (excluding diaryl/α,β-unsaturated/α-hetero) is 1. The van der Waals surface area contributed by atoms with Crippen LogP contribution in [0.1, 0.15) is 43.2 Å². The Kier molecular flexibility index (Phi) is 6.49. The molecule has 5 atom stereocenters. The second-order valence-corrected chi connectivity index (χ2v) is 11.2. The van der Waals surface area contributed by atoms with Crippen molar-refractivity contribution in [2.24, 2.45) is 17.8 Å². The van der Waals surface area contributed by atoms with Crippen LogP contribution >= 0.6 is 0 Å². The van der Waals surface area contributed by atoms with Gasteiger partial charge in [0.25, 0.3) is 5.91 Å². The van der Waals surface area contributed by atoms with Gasteiger partial charge in [0.15, 0.2) is 5.78 Å². The summed E-state index contributed by atoms with van der Waals surface area (Å²) in [5.41, 5.74) is -0.575. The number of ketones is 1. The van der Waals surface area contributed by atoms with Crippen molar-refractivity contribution in [1.82, 2.24) is 15.5 Å². The lowest BCUT2D eigenvalue weighted by Gasteiger charge is -2.33. The summed E-state index contributed by atoms with van der Waals surface area (Å²) >= 11 is 0. The average Bonchev–Trinajstić information content (AvgIpc) is 3.71. The zero-order chi connectivity index (χ0) is 27.3. The molecule has 6 rings (SSSR count). The first-order valence-electron chi connectivity index (χ1n) is 13.8. The average molecular weight is 534 g/mol. The normalized spacial score (nSPS) is 26.9. The van der Waals surface area contributed by atoms with Gasteiger partial charge in [0, 0.05) is 30.1 Å². The number of rotatable bonds is 7. The lowest BCUT2D eigenvalue weighted by molar-refractivity contribution is -0.148. The molecule has 8 nitrogen and oxygen atoms in total. The molecule has 3 N–H and O–H groups in total. The van der Waals surface area contributed by atoms with Gasteiger partial charge in [0.05, 0.1) is 6.04 Å². The Morgan fingerprint density at radius 1 is 1.05 bits per heavy atom. The molecule has 9 heteroatoms. The summed E-state index contributed by atoms with van der Waals surface area (Å²) in [6, 6.07) is 11.9. The van der Waals surface area contributed by atoms with Gasteiger partial charge in [-0.2, -0.15) is 0 Å². The fraction of sp³-hybridized carbons (Fsp3) is 0.467. The first kappa shape index (κ1) is 25.7. The number of nitrogens with zero attached hydrogens (tertiary/aromatic N) is 1. The number of aliphatic hydroxyl groups is 1. The van der Waals surface area contributed by atoms with E-state index in [1.165, 1.54) is 4.90 Å². The molecule has 2 heterocycles. The Labute approximate surface area is 225 Å². The van der Waals surface area contributed by atoms with E-state index in [1.54, 1.807) is 36.4 Å². The fourth-order valence-electron chi connectivity index (χ4n) is 7.25. The van der Waals surface area contributed by atoms with Crippen molar-refractivity contribution in [1.29, 1.82) is 0 Å². The smallest absolute Gasteiger partial charge is 0.270 e. The van der Waals surface area contributed by atoms with E-state index in [-0.39, 0.29) is 41.8 Å². The fourth-order valence-corrected chi connectivity index (χ4v) is 7.25. The summed E-state index contributed by atoms with van der Waals surface area (Å²) in [5, 5.41) is 15.0. The van der Waals surface area contributed by atoms with E-state index in [0.717, 1.165) is 19.3 Å². The summed E-state index contributed by atoms with van der Waals surface area (Å²) < 4.78 is 17.3. The van der Waals surface area contributed by atoms with Crippen LogP contribution in [0.2, 0.25) is 0 Å². The number of hydrogen-bond acceptors (Lipinski definition) is 5. The van der Waals surface area contributed by atoms with Crippen molar-refractivity contribution in [3.8, 4) is 11.1 Å². The maximum atomic E-state index is 17.3. The summed E-state index contributed by atoms with van der Waals surface area (Å²) in [4.78, 5) is 54.2. The third-order valence-corrected chi connectivity index (χ3v) is 9.15. The van der Waals surface area contributed by atoms with E-state index >= 15 is 4.39 Å². The minimum atomic E-state index is -2.44. The molecule has 0 unspecified atom stereocenters. The molecule has 3 fully saturated rings. The molecule has 0 aromatic heterocycles. The molecule has 2 aromatic rings. The van der Waals surface area contributed by atoms with Crippen LogP contribution in [-0.4, -0.2) is 65.3 Å². The minimum Gasteiger partial charge on any atom is -0.389 e. The van der Waals surface area contributed by atoms with E-state index in [9.17, 15) is 24.3 Å². The minimum absolute atomic E-state index is 0.0628. The molecule has 204 valence electrons. The van der Waals surface area contributed by atoms with Crippen LogP contribution in [0.4, 0.5) is 4.39 Å². The Morgan fingerprint density at radius 2 is 1.72 bits per heavy atom. The van der Waals surface area contributed by atoms with Crippen molar-refractivity contribution >= 4 is 23.5 Å². The molecular weight excluding hydrogens is 501 g/mol. The van der Waals surface area contributed by atoms with Crippen molar-refractivity contribution in [2.45, 2.75) is 49.9 Å². The van der Waals surface area contributed by atoms with E-state index in [4.69, 9.17) is 0 Å². The molecule has 0 radical (unpaired) electrons. The van der Waals surface area contributed by atoms with E-state index in [1.807, 2.05) is 12.1 Å². The summed E-state index contributed by atoms with van der Waals surface area (Å²) in [6.07, 6.45) is 3.08. The number of amides is 3. The molecule has 1 saturated carbocycles. The number of hydrogen-bond donors (Lipinski definition) is 3. The Morgan fingerprint density at radius 3 is 2.33 bits per heavy atom. The molecule has 2 aliphatic heterocycles. The van der Waals surface area contributed by atoms with Crippen LogP contribution in [0.5, 0.6) is 0 Å². The number of benzene rings is 2. The van der Waals surface area contributed by atoms with E-state index in [0.29, 0.717) is 24.1 Å². The van der Waals surface area contributed by atoms with Crippen LogP contribution in [0.15, 0.2) is 48.5 Å². The third kappa shape index (κ3) is 4.06. The van der Waals surface area contributed by atoms with Crippen LogP contribution in [0.25, 0.3) is 11.1 Å². The van der Waals surface area contributed by atoms with Gasteiger partial charge in [-0.1, -0.05) is 55.0 Å². The zero-order valence-electron chi connectivity index (χ0n) is 21.6. The van der Waals surface area contributed by atoms with Crippen LogP contribution in [0.3, 0.4) is 0 Å². The van der Waals surface area contributed by atoms with Crippen molar-refractivity contribution in [3.63, 3.8) is 0 Å². The van der Waals surface area contributed by atoms with Crippen LogP contribution in [-0.2, 0) is 24.8 Å². The number of fused-ring (bicyclic) bond motifs is 4. The maximum absolute atomic E-state index is 17.3. The van der Waals surface area contributed by atoms with Gasteiger partial charge in [-0.3, -0.25) is 19.2 Å². The predicted molar refractivity (Wildman–Crippen MR) is 140 cm³/mol. The maximum Gasteiger partial charge on any atom is 0.270 e. The number of halogens is 1. The summed E-state index contributed by atoms with van der Waals surface area (Å²) in [5.74, 6) is -2.63. The van der Waals surface area contributed by atoms with Gasteiger partial charge in [0.1, 0.15) is 12.6 Å². The second-order valence-electron chi connectivity index (χ2n) is 11.2. The molecule has 2 saturated heterocycles. The number of carbonyl (C=O) groups is 4. The SMILES string of the molecule is O=C1NCC[C@@H]1C[C@H](NC(=O)[C@@H]1[C@@H]2CCC[C@@H]2CN1C(=O)C1(F)c2ccccc2-c2ccccc21)C(=O)CO. The number of likely N-dealkylation sites (tertiary alicyclic amines) is 1. The molecule has 4 aliphatic rings. The lowest BCUT2D eigenvalue weighted by atomic mass is 9.90. The molecule has 2 aromatic carbocycles. The number of aliphatic hydroxyl groups excluding tert-OH is 1. The highest BCUT2D eigenvalue weighted by atomic mass is 19.1. The monoisotopic (exact) mass is 533 g/mol. The summed E-state index contributed by atoms with van der Waals surface area (Å²) in [6.45, 7) is -0.0191. The zero-order valence-corrected chi connectivity index (χ0v) is 21.6. The van der Waals surface area contributed by atoms with Crippen molar-refractivity contribution in [2.75, 3.05) is 19.7 Å². The van der Waals surface area contributed by atoms with Crippen molar-refractivity contribution in [3.05, 3.63) is 59.7 Å². The molecular formula is C30H32FN3O5. The standard InChI is InChI=1S/C30H32FN3O5/c31-30(22-10-3-1-7-20(22)21-8-2-4-11-23(21)30)29(39)34-15-18-6-5-9-19(18)26(34)28(38)33-24(25(36)16-35)14-17-12-13-32-27(17)37/h1-4,7-8,10-11,17-19,24,26,35H,5-6,9,12-16H2,(H,32,37)(H,33,38)/t17-,18-,19-,24+,26+/m1/s1. The molecule has 39 heavy (non-hydrogen) atoms. The van der Waals surface area contributed by atoms with Gasteiger partial charge in [-0.05, 0) is 48.6 Å². The number of nitrogens with one attached hydrogen (secondary N) is 2.